The Bertz CT molecular complexity index is 421. The van der Waals surface area contributed by atoms with Crippen molar-refractivity contribution in [2.75, 3.05) is 0 Å². The zero-order chi connectivity index (χ0) is 20.3. The second kappa shape index (κ2) is 18.3. The van der Waals surface area contributed by atoms with Gasteiger partial charge in [0.2, 0.25) is 0 Å². The van der Waals surface area contributed by atoms with E-state index in [1.165, 1.54) is 121 Å². The lowest BCUT2D eigenvalue weighted by molar-refractivity contribution is 0.574. The van der Waals surface area contributed by atoms with E-state index in [2.05, 4.69) is 39.0 Å². The van der Waals surface area contributed by atoms with Crippen LogP contribution in [0.1, 0.15) is 133 Å². The van der Waals surface area contributed by atoms with E-state index in [-0.39, 0.29) is 0 Å². The normalized spacial score (nSPS) is 11.2. The van der Waals surface area contributed by atoms with Crippen LogP contribution in [0.5, 0.6) is 0 Å². The first kappa shape index (κ1) is 25.3. The minimum Gasteiger partial charge on any atom is -0.0654 e. The molecule has 0 fully saturated rings. The quantitative estimate of drug-likeness (QED) is 0.208. The second-order valence-corrected chi connectivity index (χ2v) is 8.86. The van der Waals surface area contributed by atoms with Gasteiger partial charge in [-0.05, 0) is 55.7 Å². The van der Waals surface area contributed by atoms with E-state index < -0.39 is 0 Å². The predicted molar refractivity (Wildman–Crippen MR) is 128 cm³/mol. The fourth-order valence-corrected chi connectivity index (χ4v) is 4.20. The zero-order valence-corrected chi connectivity index (χ0v) is 19.4. The Balaban J connectivity index is 2.22. The summed E-state index contributed by atoms with van der Waals surface area (Å²) in [5.41, 5.74) is 4.55. The fraction of sp³-hybridized carbons (Fsp3) is 0.750. The van der Waals surface area contributed by atoms with Gasteiger partial charge in [-0.2, -0.15) is 0 Å². The maximum absolute atomic E-state index is 4.13. The van der Waals surface area contributed by atoms with Gasteiger partial charge in [0.1, 0.15) is 0 Å². The molecule has 1 aromatic rings. The Morgan fingerprint density at radius 2 is 0.786 bits per heavy atom. The molecule has 0 nitrogen and oxygen atoms in total. The van der Waals surface area contributed by atoms with E-state index in [4.69, 9.17) is 0 Å². The Morgan fingerprint density at radius 1 is 0.464 bits per heavy atom. The van der Waals surface area contributed by atoms with Gasteiger partial charge in [-0.1, -0.05) is 122 Å². The van der Waals surface area contributed by atoms with Gasteiger partial charge in [0.15, 0.2) is 0 Å². The van der Waals surface area contributed by atoms with Gasteiger partial charge in [-0.15, -0.1) is 0 Å². The first-order valence-electron chi connectivity index (χ1n) is 12.7. The van der Waals surface area contributed by atoms with Gasteiger partial charge in [0.05, 0.1) is 0 Å². The first-order chi connectivity index (χ1) is 13.8. The standard InChI is InChI=1S/C28H49/c1-4-7-9-11-13-15-17-19-21-27-23-26(6-3)24-28(25-27)22-20-18-16-14-12-10-8-5-2/h23-25H,3-22H2,1-2H3. The average molecular weight is 386 g/mol. The molecule has 0 heterocycles. The molecule has 161 valence electrons. The summed E-state index contributed by atoms with van der Waals surface area (Å²) in [7, 11) is 0. The third kappa shape index (κ3) is 13.4. The van der Waals surface area contributed by atoms with Gasteiger partial charge in [-0.25, -0.2) is 0 Å². The monoisotopic (exact) mass is 385 g/mol. The van der Waals surface area contributed by atoms with Crippen LogP contribution >= 0.6 is 0 Å². The van der Waals surface area contributed by atoms with Gasteiger partial charge in [-0.3, -0.25) is 0 Å². The highest BCUT2D eigenvalue weighted by atomic mass is 14.1. The van der Waals surface area contributed by atoms with Gasteiger partial charge < -0.3 is 0 Å². The zero-order valence-electron chi connectivity index (χ0n) is 19.4. The molecule has 0 unspecified atom stereocenters. The number of hydrogen-bond donors (Lipinski definition) is 0. The van der Waals surface area contributed by atoms with Gasteiger partial charge >= 0.3 is 0 Å². The molecule has 0 amide bonds. The molecule has 1 aromatic carbocycles. The lowest BCUT2D eigenvalue weighted by Crippen LogP contribution is -1.95. The first-order valence-corrected chi connectivity index (χ1v) is 12.7. The predicted octanol–water partition coefficient (Wildman–Crippen LogP) is 9.43. The van der Waals surface area contributed by atoms with Crippen molar-refractivity contribution in [2.45, 2.75) is 136 Å². The summed E-state index contributed by atoms with van der Waals surface area (Å²) in [6.07, 6.45) is 25.9. The Hall–Kier alpha value is -0.780. The number of hydrogen-bond acceptors (Lipinski definition) is 0. The van der Waals surface area contributed by atoms with Crippen LogP contribution in [0.15, 0.2) is 18.2 Å². The minimum absolute atomic E-state index is 0.926. The summed E-state index contributed by atoms with van der Waals surface area (Å²) in [6.45, 7) is 8.72. The third-order valence-corrected chi connectivity index (χ3v) is 6.04. The Morgan fingerprint density at radius 3 is 1.14 bits per heavy atom. The molecular weight excluding hydrogens is 336 g/mol. The lowest BCUT2D eigenvalue weighted by atomic mass is 9.96. The van der Waals surface area contributed by atoms with Crippen molar-refractivity contribution in [3.8, 4) is 0 Å². The van der Waals surface area contributed by atoms with Crippen molar-refractivity contribution >= 4 is 0 Å². The largest absolute Gasteiger partial charge is 0.0654 e. The van der Waals surface area contributed by atoms with Crippen molar-refractivity contribution in [3.63, 3.8) is 0 Å². The fourth-order valence-electron chi connectivity index (χ4n) is 4.20. The van der Waals surface area contributed by atoms with E-state index in [9.17, 15) is 0 Å². The van der Waals surface area contributed by atoms with Crippen LogP contribution in [0.3, 0.4) is 0 Å². The van der Waals surface area contributed by atoms with E-state index in [1.54, 1.807) is 11.1 Å². The molecule has 0 N–H and O–H groups in total. The summed E-state index contributed by atoms with van der Waals surface area (Å²) in [5, 5.41) is 0. The molecule has 1 radical (unpaired) electrons. The van der Waals surface area contributed by atoms with Crippen molar-refractivity contribution < 1.29 is 0 Å². The summed E-state index contributed by atoms with van der Waals surface area (Å²) in [5.74, 6) is 0. The van der Waals surface area contributed by atoms with Crippen molar-refractivity contribution in [1.29, 1.82) is 0 Å². The lowest BCUT2D eigenvalue weighted by Gasteiger charge is -2.10. The van der Waals surface area contributed by atoms with Crippen molar-refractivity contribution in [1.82, 2.24) is 0 Å². The third-order valence-electron chi connectivity index (χ3n) is 6.04. The number of rotatable bonds is 19. The molecule has 0 saturated carbocycles. The Kier molecular flexibility index (Phi) is 16.5. The highest BCUT2D eigenvalue weighted by molar-refractivity contribution is 5.31. The van der Waals surface area contributed by atoms with Crippen LogP contribution in [0, 0.1) is 6.92 Å². The molecule has 0 aliphatic rings. The van der Waals surface area contributed by atoms with Crippen LogP contribution in [0.25, 0.3) is 0 Å². The Labute approximate surface area is 177 Å². The topological polar surface area (TPSA) is 0 Å². The summed E-state index contributed by atoms with van der Waals surface area (Å²) < 4.78 is 0. The maximum atomic E-state index is 4.13. The molecule has 0 aliphatic carbocycles. The molecular formula is C28H49. The molecule has 0 saturated heterocycles. The van der Waals surface area contributed by atoms with Crippen molar-refractivity contribution in [2.24, 2.45) is 0 Å². The molecule has 0 spiro atoms. The van der Waals surface area contributed by atoms with E-state index in [0.717, 1.165) is 6.42 Å². The van der Waals surface area contributed by atoms with E-state index in [0.29, 0.717) is 0 Å². The summed E-state index contributed by atoms with van der Waals surface area (Å²) in [4.78, 5) is 0. The minimum atomic E-state index is 0.926. The van der Waals surface area contributed by atoms with Crippen LogP contribution in [-0.2, 0) is 19.3 Å². The molecule has 0 aliphatic heterocycles. The molecule has 0 bridgehead atoms. The van der Waals surface area contributed by atoms with Crippen LogP contribution in [0.4, 0.5) is 0 Å². The second-order valence-electron chi connectivity index (χ2n) is 8.86. The van der Waals surface area contributed by atoms with E-state index >= 15 is 0 Å². The van der Waals surface area contributed by atoms with Gasteiger partial charge in [0.25, 0.3) is 0 Å². The summed E-state index contributed by atoms with van der Waals surface area (Å²) >= 11 is 0. The molecule has 0 aromatic heterocycles. The molecule has 28 heavy (non-hydrogen) atoms. The number of benzene rings is 1. The smallest absolute Gasteiger partial charge is 0.0279 e. The van der Waals surface area contributed by atoms with Crippen LogP contribution < -0.4 is 0 Å². The van der Waals surface area contributed by atoms with Gasteiger partial charge in [0, 0.05) is 0 Å². The maximum Gasteiger partial charge on any atom is -0.0279 e. The van der Waals surface area contributed by atoms with Crippen molar-refractivity contribution in [3.05, 3.63) is 41.8 Å². The highest BCUT2D eigenvalue weighted by Gasteiger charge is 2.02. The average Bonchev–Trinajstić information content (AvgIpc) is 2.71. The van der Waals surface area contributed by atoms with E-state index in [1.807, 2.05) is 0 Å². The molecule has 1 rings (SSSR count). The van der Waals surface area contributed by atoms with Crippen LogP contribution in [-0.4, -0.2) is 0 Å². The molecule has 0 heteroatoms. The summed E-state index contributed by atoms with van der Waals surface area (Å²) in [6, 6.07) is 7.30. The SMILES string of the molecule is [CH2]Cc1cc(CCCCCCCCCC)cc(CCCCCCCCCC)c1. The number of unbranched alkanes of at least 4 members (excludes halogenated alkanes) is 14. The highest BCUT2D eigenvalue weighted by Crippen LogP contribution is 2.18. The number of aryl methyl sites for hydroxylation is 2. The molecule has 0 atom stereocenters. The van der Waals surface area contributed by atoms with Crippen LogP contribution in [0.2, 0.25) is 0 Å².